The molecule has 0 radical (unpaired) electrons. The average Bonchev–Trinajstić information content (AvgIpc) is 3.31. The summed E-state index contributed by atoms with van der Waals surface area (Å²) in [4.78, 5) is 23.3. The fourth-order valence-corrected chi connectivity index (χ4v) is 3.59. The average molecular weight is 338 g/mol. The first-order chi connectivity index (χ1) is 12.2. The van der Waals surface area contributed by atoms with E-state index in [1.165, 1.54) is 0 Å². The van der Waals surface area contributed by atoms with Gasteiger partial charge in [0.2, 0.25) is 5.91 Å². The summed E-state index contributed by atoms with van der Waals surface area (Å²) in [5.41, 5.74) is 1.99. The molecule has 0 fully saturated rings. The largest absolute Gasteiger partial charge is 0.486 e. The molecular formula is C19H22N4O2. The van der Waals surface area contributed by atoms with E-state index >= 15 is 0 Å². The molecule has 0 saturated heterocycles. The normalized spacial score (nSPS) is 19.5. The van der Waals surface area contributed by atoms with Crippen LogP contribution < -0.4 is 4.74 Å². The number of ether oxygens (including phenoxy) is 1. The number of pyridine rings is 1. The molecule has 6 heteroatoms. The molecule has 1 aliphatic heterocycles. The zero-order chi connectivity index (χ0) is 17.2. The summed E-state index contributed by atoms with van der Waals surface area (Å²) < 4.78 is 7.97. The van der Waals surface area contributed by atoms with Gasteiger partial charge in [-0.25, -0.2) is 4.98 Å². The Morgan fingerprint density at radius 3 is 3.04 bits per heavy atom. The fraction of sp³-hybridized carbons (Fsp3) is 0.421. The zero-order valence-electron chi connectivity index (χ0n) is 14.4. The number of allylic oxidation sites excluding steroid dienone is 1. The number of hydrogen-bond donors (Lipinski definition) is 0. The minimum absolute atomic E-state index is 0.0186. The predicted octanol–water partition coefficient (Wildman–Crippen LogP) is 2.87. The molecule has 1 amide bonds. The van der Waals surface area contributed by atoms with E-state index in [1.807, 2.05) is 23.2 Å². The fourth-order valence-electron chi connectivity index (χ4n) is 3.59. The third kappa shape index (κ3) is 3.04. The van der Waals surface area contributed by atoms with Crippen LogP contribution in [0.5, 0.6) is 5.75 Å². The summed E-state index contributed by atoms with van der Waals surface area (Å²) in [7, 11) is 0. The molecule has 0 bridgehead atoms. The number of amides is 1. The van der Waals surface area contributed by atoms with Crippen molar-refractivity contribution < 1.29 is 9.53 Å². The van der Waals surface area contributed by atoms with Gasteiger partial charge >= 0.3 is 0 Å². The predicted molar refractivity (Wildman–Crippen MR) is 92.9 cm³/mol. The number of imidazole rings is 1. The van der Waals surface area contributed by atoms with E-state index in [4.69, 9.17) is 4.74 Å². The molecule has 3 heterocycles. The van der Waals surface area contributed by atoms with Crippen LogP contribution in [0.1, 0.15) is 43.7 Å². The minimum atomic E-state index is -0.0186. The zero-order valence-corrected chi connectivity index (χ0v) is 14.4. The van der Waals surface area contributed by atoms with Crippen molar-refractivity contribution >= 4 is 5.91 Å². The number of nitrogens with zero attached hydrogens (tertiary/aromatic N) is 4. The van der Waals surface area contributed by atoms with Crippen LogP contribution in [0.4, 0.5) is 0 Å². The number of carbonyl (C=O) groups excluding carboxylic acids is 1. The lowest BCUT2D eigenvalue weighted by Crippen LogP contribution is -2.42. The molecular weight excluding hydrogens is 316 g/mol. The number of aromatic nitrogens is 3. The Kier molecular flexibility index (Phi) is 4.26. The van der Waals surface area contributed by atoms with Crippen molar-refractivity contribution in [1.82, 2.24) is 19.4 Å². The molecule has 2 aromatic rings. The highest BCUT2D eigenvalue weighted by Gasteiger charge is 2.32. The van der Waals surface area contributed by atoms with Gasteiger partial charge in [-0.15, -0.1) is 0 Å². The van der Waals surface area contributed by atoms with Crippen LogP contribution in [0.2, 0.25) is 0 Å². The SMILES string of the molecule is C[C@@H]1c2ncc(COc3cccnc3)n2CCN1C(=O)C1=CCCC1. The van der Waals surface area contributed by atoms with Gasteiger partial charge in [-0.05, 0) is 38.3 Å². The van der Waals surface area contributed by atoms with E-state index < -0.39 is 0 Å². The molecule has 0 spiro atoms. The topological polar surface area (TPSA) is 60.3 Å². The Morgan fingerprint density at radius 1 is 1.36 bits per heavy atom. The lowest BCUT2D eigenvalue weighted by atomic mass is 10.1. The van der Waals surface area contributed by atoms with Crippen molar-refractivity contribution in [3.8, 4) is 5.75 Å². The number of fused-ring (bicyclic) bond motifs is 1. The standard InChI is InChI=1S/C19H22N4O2/c1-14-18-21-11-16(13-25-17-7-4-8-20-12-17)23(18)10-9-22(14)19(24)15-5-2-3-6-15/h4-5,7-8,11-12,14H,2-3,6,9-10,13H2,1H3/t14-/m1/s1. The summed E-state index contributed by atoms with van der Waals surface area (Å²) in [6, 6.07) is 3.72. The maximum absolute atomic E-state index is 12.7. The first kappa shape index (κ1) is 15.9. The quantitative estimate of drug-likeness (QED) is 0.860. The Hall–Kier alpha value is -2.63. The summed E-state index contributed by atoms with van der Waals surface area (Å²) in [6.45, 7) is 3.96. The van der Waals surface area contributed by atoms with Gasteiger partial charge in [-0.1, -0.05) is 6.08 Å². The van der Waals surface area contributed by atoms with E-state index in [-0.39, 0.29) is 11.9 Å². The highest BCUT2D eigenvalue weighted by atomic mass is 16.5. The van der Waals surface area contributed by atoms with Crippen molar-refractivity contribution in [3.05, 3.63) is 53.9 Å². The van der Waals surface area contributed by atoms with Gasteiger partial charge in [0.15, 0.2) is 0 Å². The number of rotatable bonds is 4. The van der Waals surface area contributed by atoms with Crippen LogP contribution in [0.15, 0.2) is 42.4 Å². The Labute approximate surface area is 147 Å². The Balaban J connectivity index is 1.48. The highest BCUT2D eigenvalue weighted by Crippen LogP contribution is 2.29. The van der Waals surface area contributed by atoms with Crippen molar-refractivity contribution in [2.75, 3.05) is 6.54 Å². The van der Waals surface area contributed by atoms with Crippen molar-refractivity contribution in [2.24, 2.45) is 0 Å². The van der Waals surface area contributed by atoms with Crippen LogP contribution in [0.3, 0.4) is 0 Å². The van der Waals surface area contributed by atoms with Gasteiger partial charge < -0.3 is 14.2 Å². The minimum Gasteiger partial charge on any atom is -0.486 e. The summed E-state index contributed by atoms with van der Waals surface area (Å²) in [5.74, 6) is 1.85. The van der Waals surface area contributed by atoms with Gasteiger partial charge in [0.25, 0.3) is 0 Å². The molecule has 6 nitrogen and oxygen atoms in total. The molecule has 1 aliphatic carbocycles. The molecule has 4 rings (SSSR count). The van der Waals surface area contributed by atoms with Crippen LogP contribution in [-0.4, -0.2) is 31.9 Å². The molecule has 0 saturated carbocycles. The summed E-state index contributed by atoms with van der Waals surface area (Å²) in [6.07, 6.45) is 10.4. The van der Waals surface area contributed by atoms with E-state index in [0.717, 1.165) is 48.6 Å². The smallest absolute Gasteiger partial charge is 0.250 e. The molecule has 2 aliphatic rings. The first-order valence-corrected chi connectivity index (χ1v) is 8.81. The molecule has 0 aromatic carbocycles. The molecule has 25 heavy (non-hydrogen) atoms. The van der Waals surface area contributed by atoms with E-state index in [2.05, 4.69) is 27.5 Å². The second kappa shape index (κ2) is 6.70. The monoisotopic (exact) mass is 338 g/mol. The second-order valence-electron chi connectivity index (χ2n) is 6.53. The third-order valence-corrected chi connectivity index (χ3v) is 4.97. The lowest BCUT2D eigenvalue weighted by molar-refractivity contribution is -0.130. The lowest BCUT2D eigenvalue weighted by Gasteiger charge is -2.34. The van der Waals surface area contributed by atoms with Crippen LogP contribution in [0, 0.1) is 0 Å². The van der Waals surface area contributed by atoms with Gasteiger partial charge in [0, 0.05) is 24.9 Å². The maximum atomic E-state index is 12.7. The molecule has 0 N–H and O–H groups in total. The van der Waals surface area contributed by atoms with E-state index in [0.29, 0.717) is 13.2 Å². The summed E-state index contributed by atoms with van der Waals surface area (Å²) >= 11 is 0. The maximum Gasteiger partial charge on any atom is 0.250 e. The van der Waals surface area contributed by atoms with Crippen LogP contribution >= 0.6 is 0 Å². The van der Waals surface area contributed by atoms with Crippen LogP contribution in [-0.2, 0) is 17.9 Å². The van der Waals surface area contributed by atoms with Crippen molar-refractivity contribution in [3.63, 3.8) is 0 Å². The van der Waals surface area contributed by atoms with Gasteiger partial charge in [-0.2, -0.15) is 0 Å². The Morgan fingerprint density at radius 2 is 2.28 bits per heavy atom. The molecule has 0 unspecified atom stereocenters. The third-order valence-electron chi connectivity index (χ3n) is 4.97. The van der Waals surface area contributed by atoms with Gasteiger partial charge in [0.1, 0.15) is 18.2 Å². The Bertz CT molecular complexity index is 797. The number of carbonyl (C=O) groups is 1. The highest BCUT2D eigenvalue weighted by molar-refractivity contribution is 5.94. The van der Waals surface area contributed by atoms with Crippen molar-refractivity contribution in [1.29, 1.82) is 0 Å². The summed E-state index contributed by atoms with van der Waals surface area (Å²) in [5, 5.41) is 0. The molecule has 1 atom stereocenters. The number of hydrogen-bond acceptors (Lipinski definition) is 4. The van der Waals surface area contributed by atoms with Crippen molar-refractivity contribution in [2.45, 2.75) is 45.4 Å². The first-order valence-electron chi connectivity index (χ1n) is 8.81. The van der Waals surface area contributed by atoms with E-state index in [9.17, 15) is 4.79 Å². The van der Waals surface area contributed by atoms with E-state index in [1.54, 1.807) is 12.4 Å². The van der Waals surface area contributed by atoms with Crippen LogP contribution in [0.25, 0.3) is 0 Å². The van der Waals surface area contributed by atoms with Gasteiger partial charge in [-0.3, -0.25) is 9.78 Å². The second-order valence-corrected chi connectivity index (χ2v) is 6.53. The molecule has 2 aromatic heterocycles. The molecule has 130 valence electrons. The van der Waals surface area contributed by atoms with Gasteiger partial charge in [0.05, 0.1) is 24.1 Å².